The van der Waals surface area contributed by atoms with Crippen molar-refractivity contribution in [2.75, 3.05) is 6.54 Å². The molecule has 0 aliphatic heterocycles. The number of carbonyl (C=O) groups is 1. The van der Waals surface area contributed by atoms with Crippen molar-refractivity contribution in [3.63, 3.8) is 0 Å². The maximum Gasteiger partial charge on any atom is 0.212 e. The molecule has 17 heavy (non-hydrogen) atoms. The molecule has 0 atom stereocenters. The molecule has 2 N–H and O–H groups in total. The van der Waals surface area contributed by atoms with Crippen molar-refractivity contribution in [3.05, 3.63) is 53.9 Å². The van der Waals surface area contributed by atoms with Crippen LogP contribution in [0.3, 0.4) is 0 Å². The smallest absolute Gasteiger partial charge is 0.212 e. The first-order valence-electron chi connectivity index (χ1n) is 5.23. The first kappa shape index (κ1) is 11.5. The Labute approximate surface area is 97.9 Å². The molecular formula is C12H12FN3O. The van der Waals surface area contributed by atoms with Gasteiger partial charge >= 0.3 is 0 Å². The summed E-state index contributed by atoms with van der Waals surface area (Å²) in [6.45, 7) is 1.10. The number of aromatic nitrogens is 2. The number of hydrogen-bond acceptors (Lipinski definition) is 3. The SMILES string of the molecule is NCCn1cnc(C(=O)c2ccc(F)cc2)c1. The van der Waals surface area contributed by atoms with E-state index in [1.54, 1.807) is 17.1 Å². The summed E-state index contributed by atoms with van der Waals surface area (Å²) in [6.07, 6.45) is 3.20. The van der Waals surface area contributed by atoms with Gasteiger partial charge in [-0.1, -0.05) is 0 Å². The third-order valence-electron chi connectivity index (χ3n) is 2.36. The summed E-state index contributed by atoms with van der Waals surface area (Å²) in [5, 5.41) is 0. The lowest BCUT2D eigenvalue weighted by molar-refractivity contribution is 0.103. The summed E-state index contributed by atoms with van der Waals surface area (Å²) >= 11 is 0. The Morgan fingerprint density at radius 3 is 2.71 bits per heavy atom. The van der Waals surface area contributed by atoms with Gasteiger partial charge in [0.15, 0.2) is 0 Å². The maximum atomic E-state index is 12.7. The molecule has 0 aliphatic rings. The van der Waals surface area contributed by atoms with Gasteiger partial charge in [0.1, 0.15) is 11.5 Å². The highest BCUT2D eigenvalue weighted by atomic mass is 19.1. The van der Waals surface area contributed by atoms with E-state index in [1.807, 2.05) is 0 Å². The molecule has 1 heterocycles. The minimum Gasteiger partial charge on any atom is -0.335 e. The molecule has 0 aliphatic carbocycles. The summed E-state index contributed by atoms with van der Waals surface area (Å²) in [5.41, 5.74) is 6.16. The number of halogens is 1. The van der Waals surface area contributed by atoms with Crippen LogP contribution in [0.5, 0.6) is 0 Å². The van der Waals surface area contributed by atoms with Gasteiger partial charge in [0.2, 0.25) is 5.78 Å². The van der Waals surface area contributed by atoms with Crippen molar-refractivity contribution in [2.45, 2.75) is 6.54 Å². The van der Waals surface area contributed by atoms with Crippen LogP contribution in [0.25, 0.3) is 0 Å². The van der Waals surface area contributed by atoms with Gasteiger partial charge in [-0.05, 0) is 24.3 Å². The van der Waals surface area contributed by atoms with Gasteiger partial charge in [0, 0.05) is 24.8 Å². The number of ketones is 1. The normalized spacial score (nSPS) is 10.5. The molecule has 0 fully saturated rings. The van der Waals surface area contributed by atoms with Crippen LogP contribution in [0.15, 0.2) is 36.8 Å². The molecule has 0 bridgehead atoms. The van der Waals surface area contributed by atoms with E-state index >= 15 is 0 Å². The van der Waals surface area contributed by atoms with Crippen molar-refractivity contribution in [2.24, 2.45) is 5.73 Å². The number of benzene rings is 1. The Morgan fingerprint density at radius 2 is 2.06 bits per heavy atom. The first-order chi connectivity index (χ1) is 8.20. The van der Waals surface area contributed by atoms with Gasteiger partial charge in [-0.3, -0.25) is 4.79 Å². The maximum absolute atomic E-state index is 12.7. The Bertz CT molecular complexity index is 519. The molecule has 2 aromatic rings. The topological polar surface area (TPSA) is 60.9 Å². The summed E-state index contributed by atoms with van der Waals surface area (Å²) in [5.74, 6) is -0.587. The van der Waals surface area contributed by atoms with E-state index in [-0.39, 0.29) is 11.6 Å². The molecule has 1 aromatic carbocycles. The molecule has 1 aromatic heterocycles. The molecule has 5 heteroatoms. The summed E-state index contributed by atoms with van der Waals surface area (Å²) in [6, 6.07) is 5.40. The van der Waals surface area contributed by atoms with E-state index in [0.29, 0.717) is 24.3 Å². The minimum absolute atomic E-state index is 0.222. The van der Waals surface area contributed by atoms with Crippen LogP contribution in [0.4, 0.5) is 4.39 Å². The van der Waals surface area contributed by atoms with Crippen LogP contribution in [0.1, 0.15) is 16.1 Å². The average molecular weight is 233 g/mol. The van der Waals surface area contributed by atoms with Gasteiger partial charge in [-0.25, -0.2) is 9.37 Å². The Balaban J connectivity index is 2.21. The van der Waals surface area contributed by atoms with Crippen molar-refractivity contribution in [1.82, 2.24) is 9.55 Å². The molecule has 0 saturated carbocycles. The quantitative estimate of drug-likeness (QED) is 0.807. The Hall–Kier alpha value is -2.01. The molecule has 0 amide bonds. The molecule has 2 rings (SSSR count). The van der Waals surface area contributed by atoms with Gasteiger partial charge in [-0.2, -0.15) is 0 Å². The monoisotopic (exact) mass is 233 g/mol. The zero-order valence-electron chi connectivity index (χ0n) is 9.14. The van der Waals surface area contributed by atoms with Gasteiger partial charge in [-0.15, -0.1) is 0 Å². The van der Waals surface area contributed by atoms with E-state index < -0.39 is 0 Å². The van der Waals surface area contributed by atoms with Crippen LogP contribution in [-0.2, 0) is 6.54 Å². The number of carbonyl (C=O) groups excluding carboxylic acids is 1. The number of imidazole rings is 1. The van der Waals surface area contributed by atoms with Gasteiger partial charge in [0.25, 0.3) is 0 Å². The highest BCUT2D eigenvalue weighted by molar-refractivity contribution is 6.07. The van der Waals surface area contributed by atoms with Crippen molar-refractivity contribution in [3.8, 4) is 0 Å². The minimum atomic E-state index is -0.366. The van der Waals surface area contributed by atoms with Gasteiger partial charge in [0.05, 0.1) is 6.33 Å². The third kappa shape index (κ3) is 2.57. The molecule has 0 radical (unpaired) electrons. The number of rotatable bonds is 4. The van der Waals surface area contributed by atoms with Crippen LogP contribution < -0.4 is 5.73 Å². The molecule has 4 nitrogen and oxygen atoms in total. The summed E-state index contributed by atoms with van der Waals surface area (Å²) < 4.78 is 14.5. The largest absolute Gasteiger partial charge is 0.335 e. The average Bonchev–Trinajstić information content (AvgIpc) is 2.78. The number of nitrogens with zero attached hydrogens (tertiary/aromatic N) is 2. The lowest BCUT2D eigenvalue weighted by Gasteiger charge is -1.97. The van der Waals surface area contributed by atoms with Crippen LogP contribution in [0.2, 0.25) is 0 Å². The van der Waals surface area contributed by atoms with Crippen molar-refractivity contribution < 1.29 is 9.18 Å². The van der Waals surface area contributed by atoms with Crippen LogP contribution >= 0.6 is 0 Å². The number of nitrogens with two attached hydrogens (primary N) is 1. The van der Waals surface area contributed by atoms with Gasteiger partial charge < -0.3 is 10.3 Å². The van der Waals surface area contributed by atoms with Crippen LogP contribution in [-0.4, -0.2) is 21.9 Å². The highest BCUT2D eigenvalue weighted by Gasteiger charge is 2.11. The lowest BCUT2D eigenvalue weighted by atomic mass is 10.1. The Morgan fingerprint density at radius 1 is 1.35 bits per heavy atom. The Kier molecular flexibility index (Phi) is 3.30. The zero-order valence-corrected chi connectivity index (χ0v) is 9.14. The third-order valence-corrected chi connectivity index (χ3v) is 2.36. The fraction of sp³-hybridized carbons (Fsp3) is 0.167. The van der Waals surface area contributed by atoms with E-state index in [2.05, 4.69) is 4.98 Å². The fourth-order valence-electron chi connectivity index (χ4n) is 1.50. The predicted molar refractivity (Wildman–Crippen MR) is 61.1 cm³/mol. The second-order valence-electron chi connectivity index (χ2n) is 3.62. The molecule has 0 saturated heterocycles. The van der Waals surface area contributed by atoms with E-state index in [0.717, 1.165) is 0 Å². The second-order valence-corrected chi connectivity index (χ2v) is 3.62. The standard InChI is InChI=1S/C12H12FN3O/c13-10-3-1-9(2-4-10)12(17)11-7-16(6-5-14)8-15-11/h1-4,7-8H,5-6,14H2. The summed E-state index contributed by atoms with van der Waals surface area (Å²) in [7, 11) is 0. The van der Waals surface area contributed by atoms with Crippen LogP contribution in [0, 0.1) is 5.82 Å². The molecule has 0 spiro atoms. The fourth-order valence-corrected chi connectivity index (χ4v) is 1.50. The lowest BCUT2D eigenvalue weighted by Crippen LogP contribution is -2.08. The van der Waals surface area contributed by atoms with E-state index in [1.165, 1.54) is 24.3 Å². The first-order valence-corrected chi connectivity index (χ1v) is 5.23. The zero-order chi connectivity index (χ0) is 12.3. The molecular weight excluding hydrogens is 221 g/mol. The molecule has 88 valence electrons. The second kappa shape index (κ2) is 4.88. The highest BCUT2D eigenvalue weighted by Crippen LogP contribution is 2.09. The predicted octanol–water partition coefficient (Wildman–Crippen LogP) is 1.21. The molecule has 0 unspecified atom stereocenters. The number of hydrogen-bond donors (Lipinski definition) is 1. The van der Waals surface area contributed by atoms with Crippen molar-refractivity contribution in [1.29, 1.82) is 0 Å². The van der Waals surface area contributed by atoms with Crippen molar-refractivity contribution >= 4 is 5.78 Å². The summed E-state index contributed by atoms with van der Waals surface area (Å²) in [4.78, 5) is 15.9. The van der Waals surface area contributed by atoms with E-state index in [9.17, 15) is 9.18 Å². The van der Waals surface area contributed by atoms with E-state index in [4.69, 9.17) is 5.73 Å².